The predicted octanol–water partition coefficient (Wildman–Crippen LogP) is 0.239. The van der Waals surface area contributed by atoms with Gasteiger partial charge in [-0.1, -0.05) is 6.08 Å². The lowest BCUT2D eigenvalue weighted by Gasteiger charge is -2.30. The molecule has 4 heteroatoms. The maximum absolute atomic E-state index is 10.6. The summed E-state index contributed by atoms with van der Waals surface area (Å²) in [5.74, 6) is 0.364. The van der Waals surface area contributed by atoms with Gasteiger partial charge >= 0.3 is 0 Å². The second-order valence-corrected chi connectivity index (χ2v) is 4.52. The average Bonchev–Trinajstić information content (AvgIpc) is 1.57. The summed E-state index contributed by atoms with van der Waals surface area (Å²) in [4.78, 5) is 0. The normalized spacial score (nSPS) is 32.9. The molecule has 0 spiro atoms. The lowest BCUT2D eigenvalue weighted by molar-refractivity contribution is 0.383. The molecule has 1 saturated carbocycles. The number of primary sulfonamides is 1. The van der Waals surface area contributed by atoms with Crippen LogP contribution >= 0.6 is 0 Å². The summed E-state index contributed by atoms with van der Waals surface area (Å²) >= 11 is 0. The molecule has 58 valence electrons. The maximum Gasteiger partial charge on any atom is 0.212 e. The number of hydrogen-bond donors (Lipinski definition) is 1. The first-order valence-electron chi connectivity index (χ1n) is 3.18. The Kier molecular flexibility index (Phi) is 1.83. The van der Waals surface area contributed by atoms with E-state index in [1.54, 1.807) is 6.08 Å². The first kappa shape index (κ1) is 7.75. The fourth-order valence-corrected chi connectivity index (χ4v) is 2.10. The van der Waals surface area contributed by atoms with E-state index in [1.165, 1.54) is 0 Å². The van der Waals surface area contributed by atoms with Crippen LogP contribution in [0.2, 0.25) is 0 Å². The highest BCUT2D eigenvalue weighted by Gasteiger charge is 2.34. The fraction of sp³-hybridized carbons (Fsp3) is 0.667. The molecule has 1 rings (SSSR count). The molecule has 0 unspecified atom stereocenters. The second kappa shape index (κ2) is 2.36. The Hall–Kier alpha value is -0.350. The Balaban J connectivity index is 2.48. The third-order valence-electron chi connectivity index (χ3n) is 1.93. The van der Waals surface area contributed by atoms with Crippen molar-refractivity contribution in [3.63, 3.8) is 0 Å². The topological polar surface area (TPSA) is 60.2 Å². The number of hydrogen-bond acceptors (Lipinski definition) is 2. The van der Waals surface area contributed by atoms with Crippen LogP contribution in [0.1, 0.15) is 12.8 Å². The molecule has 1 aliphatic carbocycles. The van der Waals surface area contributed by atoms with Crippen molar-refractivity contribution in [3.05, 3.63) is 12.7 Å². The van der Waals surface area contributed by atoms with E-state index in [0.717, 1.165) is 0 Å². The Morgan fingerprint density at radius 1 is 1.50 bits per heavy atom. The van der Waals surface area contributed by atoms with Crippen molar-refractivity contribution < 1.29 is 8.42 Å². The van der Waals surface area contributed by atoms with Gasteiger partial charge in [0.15, 0.2) is 0 Å². The van der Waals surface area contributed by atoms with E-state index in [2.05, 4.69) is 6.58 Å². The number of rotatable bonds is 2. The van der Waals surface area contributed by atoms with Crippen LogP contribution in [0.3, 0.4) is 0 Å². The van der Waals surface area contributed by atoms with Crippen LogP contribution in [0.5, 0.6) is 0 Å². The van der Waals surface area contributed by atoms with Crippen molar-refractivity contribution in [1.29, 1.82) is 0 Å². The highest BCUT2D eigenvalue weighted by atomic mass is 32.2. The van der Waals surface area contributed by atoms with Gasteiger partial charge in [0.2, 0.25) is 10.0 Å². The van der Waals surface area contributed by atoms with Crippen molar-refractivity contribution in [2.75, 3.05) is 0 Å². The van der Waals surface area contributed by atoms with E-state index >= 15 is 0 Å². The molecule has 0 radical (unpaired) electrons. The summed E-state index contributed by atoms with van der Waals surface area (Å²) in [6.07, 6.45) is 3.09. The minimum atomic E-state index is -3.26. The number of sulfonamides is 1. The van der Waals surface area contributed by atoms with Crippen LogP contribution in [-0.2, 0) is 10.0 Å². The molecule has 0 heterocycles. The first-order valence-corrected chi connectivity index (χ1v) is 4.79. The Bertz CT molecular complexity index is 226. The van der Waals surface area contributed by atoms with Crippen molar-refractivity contribution in [3.8, 4) is 0 Å². The van der Waals surface area contributed by atoms with Gasteiger partial charge in [-0.15, -0.1) is 6.58 Å². The van der Waals surface area contributed by atoms with Crippen LogP contribution in [-0.4, -0.2) is 13.7 Å². The summed E-state index contributed by atoms with van der Waals surface area (Å²) < 4.78 is 21.2. The molecule has 0 bridgehead atoms. The summed E-state index contributed by atoms with van der Waals surface area (Å²) in [6.45, 7) is 3.56. The summed E-state index contributed by atoms with van der Waals surface area (Å²) in [5, 5.41) is 4.59. The van der Waals surface area contributed by atoms with E-state index in [0.29, 0.717) is 18.8 Å². The van der Waals surface area contributed by atoms with E-state index in [-0.39, 0.29) is 5.25 Å². The highest BCUT2D eigenvalue weighted by Crippen LogP contribution is 2.31. The average molecular weight is 161 g/mol. The molecule has 0 aromatic heterocycles. The van der Waals surface area contributed by atoms with Gasteiger partial charge < -0.3 is 0 Å². The smallest absolute Gasteiger partial charge is 0.212 e. The quantitative estimate of drug-likeness (QED) is 0.590. The maximum atomic E-state index is 10.6. The van der Waals surface area contributed by atoms with Crippen LogP contribution < -0.4 is 5.14 Å². The van der Waals surface area contributed by atoms with Crippen LogP contribution in [0.4, 0.5) is 0 Å². The first-order chi connectivity index (χ1) is 4.54. The molecule has 0 aromatic rings. The van der Waals surface area contributed by atoms with Gasteiger partial charge in [0.05, 0.1) is 5.25 Å². The van der Waals surface area contributed by atoms with Gasteiger partial charge in [0.25, 0.3) is 0 Å². The third-order valence-corrected chi connectivity index (χ3v) is 3.24. The molecule has 0 saturated heterocycles. The second-order valence-electron chi connectivity index (χ2n) is 2.68. The third kappa shape index (κ3) is 1.38. The zero-order valence-electron chi connectivity index (χ0n) is 5.66. The van der Waals surface area contributed by atoms with Crippen molar-refractivity contribution in [2.24, 2.45) is 11.1 Å². The molecule has 0 aliphatic heterocycles. The van der Waals surface area contributed by atoms with Crippen molar-refractivity contribution in [2.45, 2.75) is 18.1 Å². The van der Waals surface area contributed by atoms with Gasteiger partial charge in [0, 0.05) is 0 Å². The van der Waals surface area contributed by atoms with Gasteiger partial charge in [-0.3, -0.25) is 0 Å². The minimum absolute atomic E-state index is 0.310. The Labute approximate surface area is 61.0 Å². The molecule has 3 nitrogen and oxygen atoms in total. The molecule has 0 amide bonds. The monoisotopic (exact) mass is 161 g/mol. The zero-order valence-corrected chi connectivity index (χ0v) is 6.47. The standard InChI is InChI=1S/C6H11NO2S/c1-2-5-3-6(4-5)10(7,8)9/h2,5-6H,1,3-4H2,(H2,7,8,9)/t5-,6-. The van der Waals surface area contributed by atoms with E-state index < -0.39 is 10.0 Å². The van der Waals surface area contributed by atoms with Gasteiger partial charge in [0.1, 0.15) is 0 Å². The van der Waals surface area contributed by atoms with Gasteiger partial charge in [-0.05, 0) is 18.8 Å². The van der Waals surface area contributed by atoms with Gasteiger partial charge in [-0.2, -0.15) is 0 Å². The van der Waals surface area contributed by atoms with E-state index in [1.807, 2.05) is 0 Å². The number of nitrogens with two attached hydrogens (primary N) is 1. The van der Waals surface area contributed by atoms with E-state index in [9.17, 15) is 8.42 Å². The molecule has 1 fully saturated rings. The van der Waals surface area contributed by atoms with Gasteiger partial charge in [-0.25, -0.2) is 13.6 Å². The lowest BCUT2D eigenvalue weighted by atomic mass is 9.85. The summed E-state index contributed by atoms with van der Waals surface area (Å²) in [7, 11) is -3.26. The molecule has 10 heavy (non-hydrogen) atoms. The van der Waals surface area contributed by atoms with Crippen molar-refractivity contribution in [1.82, 2.24) is 0 Å². The largest absolute Gasteiger partial charge is 0.228 e. The van der Waals surface area contributed by atoms with Crippen LogP contribution in [0.15, 0.2) is 12.7 Å². The Morgan fingerprint density at radius 3 is 2.30 bits per heavy atom. The molecule has 1 aliphatic rings. The van der Waals surface area contributed by atoms with E-state index in [4.69, 9.17) is 5.14 Å². The molecular weight excluding hydrogens is 150 g/mol. The predicted molar refractivity (Wildman–Crippen MR) is 39.8 cm³/mol. The Morgan fingerprint density at radius 2 is 2.00 bits per heavy atom. The molecule has 2 N–H and O–H groups in total. The summed E-state index contributed by atoms with van der Waals surface area (Å²) in [6, 6.07) is 0. The summed E-state index contributed by atoms with van der Waals surface area (Å²) in [5.41, 5.74) is 0. The SMILES string of the molecule is C=C[C@H]1C[C@H](S(N)(=O)=O)C1. The zero-order chi connectivity index (χ0) is 7.78. The lowest BCUT2D eigenvalue weighted by Crippen LogP contribution is -2.39. The fourth-order valence-electron chi connectivity index (χ4n) is 1.07. The molecular formula is C6H11NO2S. The number of allylic oxidation sites excluding steroid dienone is 1. The van der Waals surface area contributed by atoms with Crippen molar-refractivity contribution >= 4 is 10.0 Å². The van der Waals surface area contributed by atoms with Crippen LogP contribution in [0, 0.1) is 5.92 Å². The minimum Gasteiger partial charge on any atom is -0.228 e. The highest BCUT2D eigenvalue weighted by molar-refractivity contribution is 7.89. The molecule has 0 aromatic carbocycles. The van der Waals surface area contributed by atoms with Crippen LogP contribution in [0.25, 0.3) is 0 Å². The molecule has 0 atom stereocenters.